The van der Waals surface area contributed by atoms with Crippen molar-refractivity contribution in [2.45, 2.75) is 12.8 Å². The van der Waals surface area contributed by atoms with Crippen LogP contribution in [0, 0.1) is 0 Å². The van der Waals surface area contributed by atoms with Gasteiger partial charge in [0.1, 0.15) is 11.7 Å². The van der Waals surface area contributed by atoms with E-state index in [1.54, 1.807) is 48.5 Å². The normalized spacial score (nSPS) is 16.7. The molecule has 1 aliphatic rings. The molecule has 0 saturated heterocycles. The van der Waals surface area contributed by atoms with Gasteiger partial charge in [0.25, 0.3) is 11.8 Å². The van der Waals surface area contributed by atoms with Crippen LogP contribution >= 0.6 is 0 Å². The van der Waals surface area contributed by atoms with E-state index in [1.807, 2.05) is 6.92 Å². The summed E-state index contributed by atoms with van der Waals surface area (Å²) in [7, 11) is 0. The molecule has 2 N–H and O–H groups in total. The van der Waals surface area contributed by atoms with Gasteiger partial charge >= 0.3 is 0 Å². The number of primary amides is 1. The second-order valence-electron chi connectivity index (χ2n) is 5.33. The quantitative estimate of drug-likeness (QED) is 0.686. The average molecular weight is 324 g/mol. The molecule has 0 bridgehead atoms. The molecular formula is C18H16N2O4. The van der Waals surface area contributed by atoms with Crippen molar-refractivity contribution in [2.75, 3.05) is 11.5 Å². The molecule has 0 radical (unpaired) electrons. The van der Waals surface area contributed by atoms with E-state index in [2.05, 4.69) is 0 Å². The van der Waals surface area contributed by atoms with Gasteiger partial charge in [-0.3, -0.25) is 14.4 Å². The van der Waals surface area contributed by atoms with E-state index in [1.165, 1.54) is 0 Å². The zero-order valence-electron chi connectivity index (χ0n) is 13.1. The molecule has 1 heterocycles. The van der Waals surface area contributed by atoms with Crippen LogP contribution in [0.3, 0.4) is 0 Å². The lowest BCUT2D eigenvalue weighted by Gasteiger charge is -2.31. The zero-order valence-corrected chi connectivity index (χ0v) is 13.1. The average Bonchev–Trinajstić information content (AvgIpc) is 2.56. The van der Waals surface area contributed by atoms with Gasteiger partial charge in [-0.1, -0.05) is 18.2 Å². The van der Waals surface area contributed by atoms with E-state index in [0.29, 0.717) is 29.2 Å². The summed E-state index contributed by atoms with van der Waals surface area (Å²) in [4.78, 5) is 38.2. The molecule has 0 aliphatic carbocycles. The van der Waals surface area contributed by atoms with Crippen LogP contribution in [0.4, 0.5) is 5.69 Å². The molecule has 1 unspecified atom stereocenters. The Morgan fingerprint density at radius 1 is 1.12 bits per heavy atom. The molecule has 3 rings (SSSR count). The highest BCUT2D eigenvalue weighted by molar-refractivity contribution is 6.30. The minimum Gasteiger partial charge on any atom is -0.494 e. The SMILES string of the molecule is CCOc1ccc(N2C(=O)c3ccccc3C(C(N)=O)C2=O)cc1. The zero-order chi connectivity index (χ0) is 17.3. The number of rotatable bonds is 4. The Kier molecular flexibility index (Phi) is 4.04. The van der Waals surface area contributed by atoms with Crippen LogP contribution in [-0.2, 0) is 9.59 Å². The van der Waals surface area contributed by atoms with Crippen LogP contribution < -0.4 is 15.4 Å². The van der Waals surface area contributed by atoms with E-state index in [0.717, 1.165) is 4.90 Å². The number of imide groups is 1. The maximum Gasteiger partial charge on any atom is 0.265 e. The summed E-state index contributed by atoms with van der Waals surface area (Å²) in [5.74, 6) is -2.45. The lowest BCUT2D eigenvalue weighted by molar-refractivity contribution is -0.128. The molecule has 24 heavy (non-hydrogen) atoms. The third-order valence-electron chi connectivity index (χ3n) is 3.86. The van der Waals surface area contributed by atoms with Gasteiger partial charge < -0.3 is 10.5 Å². The van der Waals surface area contributed by atoms with Crippen molar-refractivity contribution in [3.05, 3.63) is 59.7 Å². The molecule has 6 heteroatoms. The number of ether oxygens (including phenoxy) is 1. The number of benzene rings is 2. The Balaban J connectivity index is 2.07. The first-order valence-electron chi connectivity index (χ1n) is 7.54. The fourth-order valence-corrected chi connectivity index (χ4v) is 2.80. The number of carbonyl (C=O) groups is 3. The van der Waals surface area contributed by atoms with Crippen LogP contribution in [-0.4, -0.2) is 24.3 Å². The van der Waals surface area contributed by atoms with Crippen LogP contribution in [0.2, 0.25) is 0 Å². The van der Waals surface area contributed by atoms with Gasteiger partial charge in [-0.15, -0.1) is 0 Å². The first-order valence-corrected chi connectivity index (χ1v) is 7.54. The molecule has 122 valence electrons. The van der Waals surface area contributed by atoms with Gasteiger partial charge in [-0.05, 0) is 42.8 Å². The number of hydrogen-bond acceptors (Lipinski definition) is 4. The third kappa shape index (κ3) is 2.52. The van der Waals surface area contributed by atoms with Crippen molar-refractivity contribution in [3.63, 3.8) is 0 Å². The van der Waals surface area contributed by atoms with Crippen molar-refractivity contribution < 1.29 is 19.1 Å². The van der Waals surface area contributed by atoms with Crippen LogP contribution in [0.15, 0.2) is 48.5 Å². The lowest BCUT2D eigenvalue weighted by atomic mass is 9.87. The maximum absolute atomic E-state index is 12.7. The second kappa shape index (κ2) is 6.16. The van der Waals surface area contributed by atoms with Crippen LogP contribution in [0.1, 0.15) is 28.8 Å². The Labute approximate surface area is 138 Å². The highest BCUT2D eigenvalue weighted by Gasteiger charge is 2.42. The highest BCUT2D eigenvalue weighted by atomic mass is 16.5. The van der Waals surface area contributed by atoms with Gasteiger partial charge in [0.2, 0.25) is 5.91 Å². The van der Waals surface area contributed by atoms with E-state index in [-0.39, 0.29) is 0 Å². The molecule has 0 saturated carbocycles. The van der Waals surface area contributed by atoms with Gasteiger partial charge in [0, 0.05) is 5.56 Å². The summed E-state index contributed by atoms with van der Waals surface area (Å²) in [5.41, 5.74) is 6.42. The van der Waals surface area contributed by atoms with Crippen LogP contribution in [0.5, 0.6) is 5.75 Å². The third-order valence-corrected chi connectivity index (χ3v) is 3.86. The Morgan fingerprint density at radius 2 is 1.79 bits per heavy atom. The first kappa shape index (κ1) is 15.7. The Bertz CT molecular complexity index is 814. The molecule has 0 spiro atoms. The molecule has 2 aromatic carbocycles. The van der Waals surface area contributed by atoms with Crippen molar-refractivity contribution in [3.8, 4) is 5.75 Å². The number of carbonyl (C=O) groups excluding carboxylic acids is 3. The van der Waals surface area contributed by atoms with E-state index < -0.39 is 23.6 Å². The summed E-state index contributed by atoms with van der Waals surface area (Å²) in [6, 6.07) is 13.1. The number of nitrogens with two attached hydrogens (primary N) is 1. The summed E-state index contributed by atoms with van der Waals surface area (Å²) in [6.07, 6.45) is 0. The molecule has 3 amide bonds. The van der Waals surface area contributed by atoms with Crippen molar-refractivity contribution >= 4 is 23.4 Å². The molecule has 2 aromatic rings. The minimum atomic E-state index is -1.18. The predicted molar refractivity (Wildman–Crippen MR) is 87.8 cm³/mol. The summed E-state index contributed by atoms with van der Waals surface area (Å²) >= 11 is 0. The molecule has 1 atom stereocenters. The molecule has 6 nitrogen and oxygen atoms in total. The lowest BCUT2D eigenvalue weighted by Crippen LogP contribution is -2.48. The smallest absolute Gasteiger partial charge is 0.265 e. The molecular weight excluding hydrogens is 308 g/mol. The minimum absolute atomic E-state index is 0.301. The fraction of sp³-hybridized carbons (Fsp3) is 0.167. The number of amides is 3. The topological polar surface area (TPSA) is 89.7 Å². The Morgan fingerprint density at radius 3 is 2.42 bits per heavy atom. The molecule has 0 aromatic heterocycles. The Hall–Kier alpha value is -3.15. The monoisotopic (exact) mass is 324 g/mol. The summed E-state index contributed by atoms with van der Waals surface area (Å²) in [6.45, 7) is 2.37. The maximum atomic E-state index is 12.7. The highest BCUT2D eigenvalue weighted by Crippen LogP contribution is 2.33. The number of hydrogen-bond donors (Lipinski definition) is 1. The fourth-order valence-electron chi connectivity index (χ4n) is 2.80. The van der Waals surface area contributed by atoms with Gasteiger partial charge in [-0.2, -0.15) is 0 Å². The molecule has 1 aliphatic heterocycles. The standard InChI is InChI=1S/C18H16N2O4/c1-2-24-12-9-7-11(8-10-12)20-17(22)14-6-4-3-5-13(14)15(16(19)21)18(20)23/h3-10,15H,2H2,1H3,(H2,19,21). The number of anilines is 1. The first-order chi connectivity index (χ1) is 11.5. The second-order valence-corrected chi connectivity index (χ2v) is 5.33. The van der Waals surface area contributed by atoms with Gasteiger partial charge in [0.15, 0.2) is 0 Å². The van der Waals surface area contributed by atoms with Crippen molar-refractivity contribution in [1.29, 1.82) is 0 Å². The van der Waals surface area contributed by atoms with Gasteiger partial charge in [-0.25, -0.2) is 4.90 Å². The van der Waals surface area contributed by atoms with Crippen molar-refractivity contribution in [2.24, 2.45) is 5.73 Å². The number of fused-ring (bicyclic) bond motifs is 1. The predicted octanol–water partition coefficient (Wildman–Crippen LogP) is 1.84. The van der Waals surface area contributed by atoms with Gasteiger partial charge in [0.05, 0.1) is 12.3 Å². The summed E-state index contributed by atoms with van der Waals surface area (Å²) < 4.78 is 5.35. The molecule has 0 fully saturated rings. The van der Waals surface area contributed by atoms with Crippen molar-refractivity contribution in [1.82, 2.24) is 0 Å². The largest absolute Gasteiger partial charge is 0.494 e. The van der Waals surface area contributed by atoms with Crippen LogP contribution in [0.25, 0.3) is 0 Å². The van der Waals surface area contributed by atoms with E-state index >= 15 is 0 Å². The van der Waals surface area contributed by atoms with E-state index in [4.69, 9.17) is 10.5 Å². The summed E-state index contributed by atoms with van der Waals surface area (Å²) in [5, 5.41) is 0. The number of nitrogens with zero attached hydrogens (tertiary/aromatic N) is 1. The van der Waals surface area contributed by atoms with E-state index in [9.17, 15) is 14.4 Å².